The lowest BCUT2D eigenvalue weighted by Crippen LogP contribution is -2.08. The SMILES string of the molecule is O=C(O)Cc1cnc(C2CCNC2)o1. The predicted octanol–water partition coefficient (Wildman–Crippen LogP) is 0.379. The molecule has 1 atom stereocenters. The number of carboxylic acids is 1. The summed E-state index contributed by atoms with van der Waals surface area (Å²) in [5, 5.41) is 11.7. The van der Waals surface area contributed by atoms with Crippen molar-refractivity contribution in [2.75, 3.05) is 13.1 Å². The molecule has 0 aromatic carbocycles. The van der Waals surface area contributed by atoms with E-state index in [1.807, 2.05) is 0 Å². The van der Waals surface area contributed by atoms with E-state index in [1.165, 1.54) is 6.20 Å². The van der Waals surface area contributed by atoms with Crippen LogP contribution in [0.5, 0.6) is 0 Å². The van der Waals surface area contributed by atoms with Crippen LogP contribution in [0, 0.1) is 0 Å². The minimum atomic E-state index is -0.891. The smallest absolute Gasteiger partial charge is 0.311 e. The molecule has 1 aliphatic heterocycles. The molecule has 0 radical (unpaired) electrons. The van der Waals surface area contributed by atoms with E-state index in [4.69, 9.17) is 9.52 Å². The van der Waals surface area contributed by atoms with Crippen LogP contribution >= 0.6 is 0 Å². The van der Waals surface area contributed by atoms with Crippen molar-refractivity contribution < 1.29 is 14.3 Å². The van der Waals surface area contributed by atoms with Gasteiger partial charge in [0, 0.05) is 12.5 Å². The molecule has 2 rings (SSSR count). The van der Waals surface area contributed by atoms with Crippen LogP contribution in [0.15, 0.2) is 10.6 Å². The lowest BCUT2D eigenvalue weighted by Gasteiger charge is -2.00. The van der Waals surface area contributed by atoms with Crippen LogP contribution in [0.1, 0.15) is 24.0 Å². The Morgan fingerprint density at radius 1 is 1.79 bits per heavy atom. The summed E-state index contributed by atoms with van der Waals surface area (Å²) < 4.78 is 5.35. The number of aliphatic carboxylic acids is 1. The minimum absolute atomic E-state index is 0.0901. The second-order valence-electron chi connectivity index (χ2n) is 3.43. The van der Waals surface area contributed by atoms with Crippen LogP contribution in [0.2, 0.25) is 0 Å². The molecule has 0 amide bonds. The van der Waals surface area contributed by atoms with Crippen LogP contribution in [0.25, 0.3) is 0 Å². The van der Waals surface area contributed by atoms with Crippen molar-refractivity contribution in [3.05, 3.63) is 17.8 Å². The van der Waals surface area contributed by atoms with Crippen LogP contribution < -0.4 is 5.32 Å². The summed E-state index contributed by atoms with van der Waals surface area (Å²) in [6, 6.07) is 0. The number of carbonyl (C=O) groups is 1. The largest absolute Gasteiger partial charge is 0.481 e. The van der Waals surface area contributed by atoms with E-state index in [0.29, 0.717) is 17.6 Å². The summed E-state index contributed by atoms with van der Waals surface area (Å²) in [5.41, 5.74) is 0. The molecule has 1 aliphatic rings. The highest BCUT2D eigenvalue weighted by Crippen LogP contribution is 2.21. The highest BCUT2D eigenvalue weighted by atomic mass is 16.4. The van der Waals surface area contributed by atoms with E-state index >= 15 is 0 Å². The molecule has 76 valence electrons. The molecule has 0 bridgehead atoms. The topological polar surface area (TPSA) is 75.4 Å². The van der Waals surface area contributed by atoms with Gasteiger partial charge in [0.25, 0.3) is 0 Å². The zero-order valence-corrected chi connectivity index (χ0v) is 7.69. The van der Waals surface area contributed by atoms with Gasteiger partial charge in [0.2, 0.25) is 0 Å². The number of nitrogens with zero attached hydrogens (tertiary/aromatic N) is 1. The summed E-state index contributed by atoms with van der Waals surface area (Å²) in [5.74, 6) is 0.500. The zero-order valence-electron chi connectivity index (χ0n) is 7.69. The number of aromatic nitrogens is 1. The third-order valence-corrected chi connectivity index (χ3v) is 2.31. The van der Waals surface area contributed by atoms with Gasteiger partial charge in [0.15, 0.2) is 5.89 Å². The third-order valence-electron chi connectivity index (χ3n) is 2.31. The highest BCUT2D eigenvalue weighted by molar-refractivity contribution is 5.69. The van der Waals surface area contributed by atoms with Crippen LogP contribution in [0.3, 0.4) is 0 Å². The monoisotopic (exact) mass is 196 g/mol. The average molecular weight is 196 g/mol. The second-order valence-corrected chi connectivity index (χ2v) is 3.43. The van der Waals surface area contributed by atoms with Gasteiger partial charge in [0.05, 0.1) is 6.20 Å². The first-order valence-electron chi connectivity index (χ1n) is 4.63. The average Bonchev–Trinajstić information content (AvgIpc) is 2.69. The lowest BCUT2D eigenvalue weighted by atomic mass is 10.1. The molecule has 2 N–H and O–H groups in total. The molecule has 5 heteroatoms. The zero-order chi connectivity index (χ0) is 9.97. The van der Waals surface area contributed by atoms with Crippen molar-refractivity contribution in [3.63, 3.8) is 0 Å². The number of hydrogen-bond donors (Lipinski definition) is 2. The third kappa shape index (κ3) is 1.93. The normalized spacial score (nSPS) is 21.3. The van der Waals surface area contributed by atoms with Crippen molar-refractivity contribution in [1.29, 1.82) is 0 Å². The van der Waals surface area contributed by atoms with Gasteiger partial charge in [-0.3, -0.25) is 4.79 Å². The van der Waals surface area contributed by atoms with Gasteiger partial charge < -0.3 is 14.8 Å². The molecule has 5 nitrogen and oxygen atoms in total. The lowest BCUT2D eigenvalue weighted by molar-refractivity contribution is -0.136. The predicted molar refractivity (Wildman–Crippen MR) is 48.1 cm³/mol. The Kier molecular flexibility index (Phi) is 2.49. The first-order valence-corrected chi connectivity index (χ1v) is 4.63. The van der Waals surface area contributed by atoms with E-state index < -0.39 is 5.97 Å². The molecule has 1 unspecified atom stereocenters. The van der Waals surface area contributed by atoms with Gasteiger partial charge in [-0.05, 0) is 13.0 Å². The van der Waals surface area contributed by atoms with Gasteiger partial charge in [-0.2, -0.15) is 0 Å². The van der Waals surface area contributed by atoms with Crippen molar-refractivity contribution in [3.8, 4) is 0 Å². The fourth-order valence-corrected chi connectivity index (χ4v) is 1.61. The summed E-state index contributed by atoms with van der Waals surface area (Å²) >= 11 is 0. The molecule has 2 heterocycles. The van der Waals surface area contributed by atoms with E-state index in [9.17, 15) is 4.79 Å². The van der Waals surface area contributed by atoms with Crippen LogP contribution in [-0.2, 0) is 11.2 Å². The molecule has 1 aromatic heterocycles. The summed E-state index contributed by atoms with van der Waals surface area (Å²) in [7, 11) is 0. The van der Waals surface area contributed by atoms with Gasteiger partial charge >= 0.3 is 5.97 Å². The standard InChI is InChI=1S/C9H12N2O3/c12-8(13)3-7-5-11-9(14-7)6-1-2-10-4-6/h5-6,10H,1-4H2,(H,12,13). The Hall–Kier alpha value is -1.36. The quantitative estimate of drug-likeness (QED) is 0.730. The number of carboxylic acid groups (broad SMARTS) is 1. The maximum absolute atomic E-state index is 10.4. The van der Waals surface area contributed by atoms with Crippen LogP contribution in [0.4, 0.5) is 0 Å². The maximum atomic E-state index is 10.4. The first-order chi connectivity index (χ1) is 6.75. The number of hydrogen-bond acceptors (Lipinski definition) is 4. The van der Waals surface area contributed by atoms with Crippen molar-refractivity contribution in [2.45, 2.75) is 18.8 Å². The molecule has 14 heavy (non-hydrogen) atoms. The summed E-state index contributed by atoms with van der Waals surface area (Å²) in [6.45, 7) is 1.84. The number of rotatable bonds is 3. The second kappa shape index (κ2) is 3.79. The molecule has 1 fully saturated rings. The van der Waals surface area contributed by atoms with Gasteiger partial charge in [0.1, 0.15) is 12.2 Å². The van der Waals surface area contributed by atoms with Gasteiger partial charge in [-0.15, -0.1) is 0 Å². The van der Waals surface area contributed by atoms with E-state index in [-0.39, 0.29) is 6.42 Å². The van der Waals surface area contributed by atoms with Crippen molar-refractivity contribution in [1.82, 2.24) is 10.3 Å². The Morgan fingerprint density at radius 3 is 3.29 bits per heavy atom. The molecule has 1 saturated heterocycles. The number of oxazole rings is 1. The Morgan fingerprint density at radius 2 is 2.64 bits per heavy atom. The van der Waals surface area contributed by atoms with Gasteiger partial charge in [-0.25, -0.2) is 4.98 Å². The molecular formula is C9H12N2O3. The fraction of sp³-hybridized carbons (Fsp3) is 0.556. The van der Waals surface area contributed by atoms with E-state index in [1.54, 1.807) is 0 Å². The molecule has 1 aromatic rings. The van der Waals surface area contributed by atoms with Crippen molar-refractivity contribution in [2.24, 2.45) is 0 Å². The van der Waals surface area contributed by atoms with Crippen molar-refractivity contribution >= 4 is 5.97 Å². The summed E-state index contributed by atoms with van der Waals surface area (Å²) in [4.78, 5) is 14.5. The van der Waals surface area contributed by atoms with E-state index in [2.05, 4.69) is 10.3 Å². The maximum Gasteiger partial charge on any atom is 0.311 e. The minimum Gasteiger partial charge on any atom is -0.481 e. The number of nitrogens with one attached hydrogen (secondary N) is 1. The fourth-order valence-electron chi connectivity index (χ4n) is 1.61. The Bertz CT molecular complexity index is 329. The molecule has 0 spiro atoms. The molecule has 0 saturated carbocycles. The summed E-state index contributed by atoms with van der Waals surface area (Å²) in [6.07, 6.45) is 2.42. The first kappa shape index (κ1) is 9.21. The van der Waals surface area contributed by atoms with Crippen LogP contribution in [-0.4, -0.2) is 29.1 Å². The molecular weight excluding hydrogens is 184 g/mol. The molecule has 0 aliphatic carbocycles. The Labute approximate surface area is 81.1 Å². The Balaban J connectivity index is 2.05. The van der Waals surface area contributed by atoms with Gasteiger partial charge in [-0.1, -0.05) is 0 Å². The van der Waals surface area contributed by atoms with E-state index in [0.717, 1.165) is 19.5 Å². The highest BCUT2D eigenvalue weighted by Gasteiger charge is 2.21.